The van der Waals surface area contributed by atoms with Gasteiger partial charge in [-0.2, -0.15) is 0 Å². The topological polar surface area (TPSA) is 50.8 Å². The van der Waals surface area contributed by atoms with E-state index >= 15 is 0 Å². The summed E-state index contributed by atoms with van der Waals surface area (Å²) in [5.41, 5.74) is 2.71. The minimum Gasteiger partial charge on any atom is -0.490 e. The molecule has 0 unspecified atom stereocenters. The first-order valence-electron chi connectivity index (χ1n) is 10.8. The third-order valence-corrected chi connectivity index (χ3v) is 5.42. The standard InChI is InChI=1S/C26H27FN2O3/c1-19-4-2-7-22(16-19)28-26(30)29-14-12-25(13-15-29)32-24-10-8-23(9-11-24)31-18-20-5-3-6-21(27)17-20/h2-11,16-17,25H,12-15,18H2,1H3,(H,28,30). The molecule has 6 heteroatoms. The van der Waals surface area contributed by atoms with Gasteiger partial charge >= 0.3 is 6.03 Å². The van der Waals surface area contributed by atoms with Crippen LogP contribution in [0.2, 0.25) is 0 Å². The Morgan fingerprint density at radius 1 is 1.00 bits per heavy atom. The highest BCUT2D eigenvalue weighted by molar-refractivity contribution is 5.89. The van der Waals surface area contributed by atoms with E-state index in [-0.39, 0.29) is 18.0 Å². The number of ether oxygens (including phenoxy) is 2. The minimum atomic E-state index is -0.270. The Kier molecular flexibility index (Phi) is 6.90. The molecule has 1 heterocycles. The van der Waals surface area contributed by atoms with Crippen LogP contribution in [0, 0.1) is 12.7 Å². The maximum Gasteiger partial charge on any atom is 0.321 e. The van der Waals surface area contributed by atoms with Crippen molar-refractivity contribution in [3.63, 3.8) is 0 Å². The van der Waals surface area contributed by atoms with Crippen LogP contribution in [-0.2, 0) is 6.61 Å². The van der Waals surface area contributed by atoms with E-state index in [1.54, 1.807) is 6.07 Å². The van der Waals surface area contributed by atoms with Crippen molar-refractivity contribution in [3.05, 3.63) is 89.7 Å². The van der Waals surface area contributed by atoms with Gasteiger partial charge in [-0.05, 0) is 66.6 Å². The van der Waals surface area contributed by atoms with Crippen molar-refractivity contribution in [1.29, 1.82) is 0 Å². The molecule has 3 aromatic rings. The molecule has 2 amide bonds. The lowest BCUT2D eigenvalue weighted by atomic mass is 10.1. The van der Waals surface area contributed by atoms with Crippen molar-refractivity contribution in [2.45, 2.75) is 32.5 Å². The maximum absolute atomic E-state index is 13.3. The van der Waals surface area contributed by atoms with Crippen LogP contribution in [-0.4, -0.2) is 30.1 Å². The summed E-state index contributed by atoms with van der Waals surface area (Å²) in [5, 5.41) is 2.96. The normalized spacial score (nSPS) is 14.1. The molecule has 1 aliphatic rings. The highest BCUT2D eigenvalue weighted by Gasteiger charge is 2.24. The molecular formula is C26H27FN2O3. The van der Waals surface area contributed by atoms with E-state index in [1.165, 1.54) is 12.1 Å². The van der Waals surface area contributed by atoms with Gasteiger partial charge in [-0.3, -0.25) is 0 Å². The van der Waals surface area contributed by atoms with E-state index in [4.69, 9.17) is 9.47 Å². The fourth-order valence-electron chi connectivity index (χ4n) is 3.70. The number of rotatable bonds is 6. The molecule has 1 saturated heterocycles. The summed E-state index contributed by atoms with van der Waals surface area (Å²) in [6, 6.07) is 21.5. The number of nitrogens with zero attached hydrogens (tertiary/aromatic N) is 1. The van der Waals surface area contributed by atoms with Crippen molar-refractivity contribution < 1.29 is 18.7 Å². The quantitative estimate of drug-likeness (QED) is 0.534. The fraction of sp³-hybridized carbons (Fsp3) is 0.269. The predicted molar refractivity (Wildman–Crippen MR) is 123 cm³/mol. The monoisotopic (exact) mass is 434 g/mol. The summed E-state index contributed by atoms with van der Waals surface area (Å²) >= 11 is 0. The summed E-state index contributed by atoms with van der Waals surface area (Å²) in [5.74, 6) is 1.20. The molecule has 0 radical (unpaired) electrons. The molecule has 0 saturated carbocycles. The average molecular weight is 435 g/mol. The van der Waals surface area contributed by atoms with Gasteiger partial charge in [-0.15, -0.1) is 0 Å². The third kappa shape index (κ3) is 6.00. The van der Waals surface area contributed by atoms with Gasteiger partial charge in [0.25, 0.3) is 0 Å². The van der Waals surface area contributed by atoms with Crippen LogP contribution >= 0.6 is 0 Å². The number of urea groups is 1. The van der Waals surface area contributed by atoms with Crippen LogP contribution in [0.25, 0.3) is 0 Å². The van der Waals surface area contributed by atoms with E-state index < -0.39 is 0 Å². The van der Waals surface area contributed by atoms with Crippen LogP contribution in [0.4, 0.5) is 14.9 Å². The summed E-state index contributed by atoms with van der Waals surface area (Å²) in [4.78, 5) is 14.3. The Bertz CT molecular complexity index is 1050. The number of halogens is 1. The number of benzene rings is 3. The van der Waals surface area contributed by atoms with Gasteiger partial charge < -0.3 is 19.7 Å². The zero-order valence-corrected chi connectivity index (χ0v) is 18.1. The lowest BCUT2D eigenvalue weighted by Crippen LogP contribution is -2.43. The molecule has 32 heavy (non-hydrogen) atoms. The molecule has 5 nitrogen and oxygen atoms in total. The first-order valence-corrected chi connectivity index (χ1v) is 10.8. The van der Waals surface area contributed by atoms with E-state index in [9.17, 15) is 9.18 Å². The van der Waals surface area contributed by atoms with Gasteiger partial charge in [0.15, 0.2) is 0 Å². The van der Waals surface area contributed by atoms with E-state index in [2.05, 4.69) is 5.32 Å². The summed E-state index contributed by atoms with van der Waals surface area (Å²) in [7, 11) is 0. The minimum absolute atomic E-state index is 0.0667. The van der Waals surface area contributed by atoms with Crippen molar-refractivity contribution in [2.24, 2.45) is 0 Å². The lowest BCUT2D eigenvalue weighted by molar-refractivity contribution is 0.115. The number of piperidine rings is 1. The highest BCUT2D eigenvalue weighted by atomic mass is 19.1. The Morgan fingerprint density at radius 2 is 1.72 bits per heavy atom. The average Bonchev–Trinajstić information content (AvgIpc) is 2.79. The zero-order valence-electron chi connectivity index (χ0n) is 18.1. The number of carbonyl (C=O) groups excluding carboxylic acids is 1. The van der Waals surface area contributed by atoms with Crippen LogP contribution in [0.1, 0.15) is 24.0 Å². The van der Waals surface area contributed by atoms with E-state index in [1.807, 2.05) is 66.4 Å². The molecule has 166 valence electrons. The van der Waals surface area contributed by atoms with Crippen molar-refractivity contribution in [2.75, 3.05) is 18.4 Å². The molecule has 4 rings (SSSR count). The molecule has 1 fully saturated rings. The molecule has 0 aromatic heterocycles. The Hall–Kier alpha value is -3.54. The predicted octanol–water partition coefficient (Wildman–Crippen LogP) is 5.79. The molecule has 1 N–H and O–H groups in total. The van der Waals surface area contributed by atoms with Crippen LogP contribution < -0.4 is 14.8 Å². The van der Waals surface area contributed by atoms with Crippen LogP contribution in [0.15, 0.2) is 72.8 Å². The number of amides is 2. The molecule has 0 bridgehead atoms. The lowest BCUT2D eigenvalue weighted by Gasteiger charge is -2.32. The third-order valence-electron chi connectivity index (χ3n) is 5.42. The number of hydrogen-bond acceptors (Lipinski definition) is 3. The number of nitrogens with one attached hydrogen (secondary N) is 1. The molecule has 0 spiro atoms. The molecule has 0 atom stereocenters. The Balaban J connectivity index is 1.22. The fourth-order valence-corrected chi connectivity index (χ4v) is 3.70. The molecular weight excluding hydrogens is 407 g/mol. The second-order valence-corrected chi connectivity index (χ2v) is 7.99. The summed E-state index contributed by atoms with van der Waals surface area (Å²) < 4.78 is 25.1. The molecule has 3 aromatic carbocycles. The number of likely N-dealkylation sites (tertiary alicyclic amines) is 1. The number of anilines is 1. The Morgan fingerprint density at radius 3 is 2.44 bits per heavy atom. The summed E-state index contributed by atoms with van der Waals surface area (Å²) in [6.07, 6.45) is 1.62. The van der Waals surface area contributed by atoms with Gasteiger partial charge in [0.2, 0.25) is 0 Å². The first-order chi connectivity index (χ1) is 15.5. The smallest absolute Gasteiger partial charge is 0.321 e. The van der Waals surface area contributed by atoms with Crippen LogP contribution in [0.5, 0.6) is 11.5 Å². The number of aryl methyl sites for hydroxylation is 1. The van der Waals surface area contributed by atoms with Crippen molar-refractivity contribution in [3.8, 4) is 11.5 Å². The number of hydrogen-bond donors (Lipinski definition) is 1. The zero-order chi connectivity index (χ0) is 22.3. The number of carbonyl (C=O) groups is 1. The second kappa shape index (κ2) is 10.2. The van der Waals surface area contributed by atoms with Gasteiger partial charge in [0, 0.05) is 31.6 Å². The largest absolute Gasteiger partial charge is 0.490 e. The SMILES string of the molecule is Cc1cccc(NC(=O)N2CCC(Oc3ccc(OCc4cccc(F)c4)cc3)CC2)c1. The maximum atomic E-state index is 13.3. The van der Waals surface area contributed by atoms with Gasteiger partial charge in [-0.1, -0.05) is 24.3 Å². The second-order valence-electron chi connectivity index (χ2n) is 7.99. The van der Waals surface area contributed by atoms with Crippen LogP contribution in [0.3, 0.4) is 0 Å². The highest BCUT2D eigenvalue weighted by Crippen LogP contribution is 2.23. The van der Waals surface area contributed by atoms with Crippen molar-refractivity contribution in [1.82, 2.24) is 4.90 Å². The van der Waals surface area contributed by atoms with Crippen molar-refractivity contribution >= 4 is 11.7 Å². The van der Waals surface area contributed by atoms with E-state index in [0.29, 0.717) is 25.4 Å². The van der Waals surface area contributed by atoms with E-state index in [0.717, 1.165) is 35.4 Å². The van der Waals surface area contributed by atoms with Gasteiger partial charge in [-0.25, -0.2) is 9.18 Å². The summed E-state index contributed by atoms with van der Waals surface area (Å²) in [6.45, 7) is 3.61. The first kappa shape index (κ1) is 21.7. The molecule has 1 aliphatic heterocycles. The van der Waals surface area contributed by atoms with Gasteiger partial charge in [0.1, 0.15) is 30.0 Å². The molecule has 0 aliphatic carbocycles. The Labute approximate surface area is 187 Å². The van der Waals surface area contributed by atoms with Gasteiger partial charge in [0.05, 0.1) is 0 Å².